The molecular formula is C22H26O2. The van der Waals surface area contributed by atoms with E-state index in [4.69, 9.17) is 4.74 Å². The van der Waals surface area contributed by atoms with Crippen molar-refractivity contribution in [1.29, 1.82) is 0 Å². The van der Waals surface area contributed by atoms with Crippen molar-refractivity contribution in [2.45, 2.75) is 51.6 Å². The molecule has 0 aliphatic heterocycles. The minimum absolute atomic E-state index is 0.0928. The van der Waals surface area contributed by atoms with Crippen LogP contribution >= 0.6 is 0 Å². The molecule has 0 aromatic heterocycles. The molecule has 1 fully saturated rings. The average molecular weight is 322 g/mol. The van der Waals surface area contributed by atoms with Crippen LogP contribution in [0.5, 0.6) is 0 Å². The van der Waals surface area contributed by atoms with Crippen LogP contribution in [0.25, 0.3) is 0 Å². The van der Waals surface area contributed by atoms with E-state index in [0.717, 1.165) is 24.0 Å². The first-order valence-corrected chi connectivity index (χ1v) is 8.98. The maximum atomic E-state index is 12.8. The van der Waals surface area contributed by atoms with Crippen molar-refractivity contribution < 1.29 is 9.53 Å². The number of benzene rings is 2. The maximum absolute atomic E-state index is 12.8. The van der Waals surface area contributed by atoms with Gasteiger partial charge in [0.05, 0.1) is 5.92 Å². The second-order valence-corrected chi connectivity index (χ2v) is 6.97. The van der Waals surface area contributed by atoms with Crippen molar-refractivity contribution >= 4 is 5.97 Å². The number of rotatable bonds is 7. The molecule has 1 aliphatic carbocycles. The normalized spacial score (nSPS) is 16.9. The molecule has 0 bridgehead atoms. The van der Waals surface area contributed by atoms with Gasteiger partial charge in [-0.1, -0.05) is 80.4 Å². The summed E-state index contributed by atoms with van der Waals surface area (Å²) in [6, 6.07) is 20.0. The van der Waals surface area contributed by atoms with Crippen LogP contribution in [-0.2, 0) is 16.1 Å². The predicted octanol–water partition coefficient (Wildman–Crippen LogP) is 5.48. The molecule has 0 spiro atoms. The Labute approximate surface area is 144 Å². The van der Waals surface area contributed by atoms with Crippen LogP contribution in [0.1, 0.15) is 56.1 Å². The number of hydrogen-bond acceptors (Lipinski definition) is 2. The molecule has 2 aromatic rings. The van der Waals surface area contributed by atoms with E-state index in [1.807, 2.05) is 48.5 Å². The minimum Gasteiger partial charge on any atom is -0.460 e. The maximum Gasteiger partial charge on any atom is 0.313 e. The van der Waals surface area contributed by atoms with E-state index in [-0.39, 0.29) is 11.9 Å². The molecule has 0 unspecified atom stereocenters. The van der Waals surface area contributed by atoms with Gasteiger partial charge >= 0.3 is 5.97 Å². The Hall–Kier alpha value is -2.09. The highest BCUT2D eigenvalue weighted by Crippen LogP contribution is 2.50. The first-order chi connectivity index (χ1) is 11.7. The van der Waals surface area contributed by atoms with E-state index in [1.54, 1.807) is 0 Å². The summed E-state index contributed by atoms with van der Waals surface area (Å²) in [6.45, 7) is 2.60. The first-order valence-electron chi connectivity index (χ1n) is 8.98. The zero-order chi connectivity index (χ0) is 16.8. The molecule has 1 saturated carbocycles. The van der Waals surface area contributed by atoms with Gasteiger partial charge in [-0.3, -0.25) is 4.79 Å². The number of ether oxygens (including phenoxy) is 1. The van der Waals surface area contributed by atoms with Gasteiger partial charge in [0.15, 0.2) is 0 Å². The summed E-state index contributed by atoms with van der Waals surface area (Å²) in [4.78, 5) is 12.8. The van der Waals surface area contributed by atoms with Crippen molar-refractivity contribution in [2.24, 2.45) is 5.41 Å². The molecule has 2 nitrogen and oxygen atoms in total. The van der Waals surface area contributed by atoms with E-state index in [2.05, 4.69) is 19.1 Å². The van der Waals surface area contributed by atoms with Gasteiger partial charge < -0.3 is 4.74 Å². The van der Waals surface area contributed by atoms with E-state index in [1.165, 1.54) is 19.3 Å². The second-order valence-electron chi connectivity index (χ2n) is 6.97. The van der Waals surface area contributed by atoms with Crippen LogP contribution in [0, 0.1) is 5.41 Å². The molecule has 0 heterocycles. The number of esters is 1. The lowest BCUT2D eigenvalue weighted by Crippen LogP contribution is -2.33. The van der Waals surface area contributed by atoms with Gasteiger partial charge in [-0.05, 0) is 35.8 Å². The molecular weight excluding hydrogens is 296 g/mol. The summed E-state index contributed by atoms with van der Waals surface area (Å²) < 4.78 is 5.66. The Balaban J connectivity index is 1.72. The van der Waals surface area contributed by atoms with Crippen LogP contribution in [0.3, 0.4) is 0 Å². The quantitative estimate of drug-likeness (QED) is 0.631. The van der Waals surface area contributed by atoms with Crippen molar-refractivity contribution in [3.8, 4) is 0 Å². The van der Waals surface area contributed by atoms with Gasteiger partial charge in [0.25, 0.3) is 0 Å². The lowest BCUT2D eigenvalue weighted by Gasteiger charge is -2.43. The molecule has 24 heavy (non-hydrogen) atoms. The Morgan fingerprint density at radius 3 is 2.21 bits per heavy atom. The molecule has 3 rings (SSSR count). The summed E-state index contributed by atoms with van der Waals surface area (Å²) >= 11 is 0. The van der Waals surface area contributed by atoms with Gasteiger partial charge in [0.2, 0.25) is 0 Å². The Bertz CT molecular complexity index is 639. The topological polar surface area (TPSA) is 26.3 Å². The minimum atomic E-state index is -0.157. The molecule has 1 atom stereocenters. The van der Waals surface area contributed by atoms with Gasteiger partial charge in [-0.25, -0.2) is 0 Å². The van der Waals surface area contributed by atoms with Gasteiger partial charge in [-0.2, -0.15) is 0 Å². The molecule has 1 aliphatic rings. The zero-order valence-electron chi connectivity index (χ0n) is 14.4. The van der Waals surface area contributed by atoms with Crippen molar-refractivity contribution in [2.75, 3.05) is 0 Å². The van der Waals surface area contributed by atoms with Crippen LogP contribution in [0.15, 0.2) is 60.7 Å². The van der Waals surface area contributed by atoms with E-state index < -0.39 is 0 Å². The molecule has 2 aromatic carbocycles. The summed E-state index contributed by atoms with van der Waals surface area (Å²) in [5.41, 5.74) is 2.44. The number of carbonyl (C=O) groups is 1. The molecule has 0 N–H and O–H groups in total. The smallest absolute Gasteiger partial charge is 0.313 e. The van der Waals surface area contributed by atoms with E-state index in [9.17, 15) is 4.79 Å². The Morgan fingerprint density at radius 2 is 1.67 bits per heavy atom. The zero-order valence-corrected chi connectivity index (χ0v) is 14.4. The second kappa shape index (κ2) is 7.65. The standard InChI is InChI=1S/C22H26O2/c1-2-22(14-9-15-22)16-20(19-12-7-4-8-13-19)21(23)24-17-18-10-5-3-6-11-18/h3-8,10-13,20H,2,9,14-17H2,1H3/t20-/m1/s1. The first kappa shape index (κ1) is 16.8. The number of hydrogen-bond donors (Lipinski definition) is 0. The molecule has 0 radical (unpaired) electrons. The van der Waals surface area contributed by atoms with Crippen LogP contribution in [0.4, 0.5) is 0 Å². The summed E-state index contributed by atoms with van der Waals surface area (Å²) in [6.07, 6.45) is 5.80. The van der Waals surface area contributed by atoms with Crippen molar-refractivity contribution in [3.05, 3.63) is 71.8 Å². The summed E-state index contributed by atoms with van der Waals surface area (Å²) in [5, 5.41) is 0. The lowest BCUT2D eigenvalue weighted by atomic mass is 9.62. The predicted molar refractivity (Wildman–Crippen MR) is 96.6 cm³/mol. The van der Waals surface area contributed by atoms with E-state index in [0.29, 0.717) is 12.0 Å². The third-order valence-corrected chi connectivity index (χ3v) is 5.51. The summed E-state index contributed by atoms with van der Waals surface area (Å²) in [5.74, 6) is -0.250. The molecule has 0 saturated heterocycles. The molecule has 126 valence electrons. The third kappa shape index (κ3) is 3.87. The van der Waals surface area contributed by atoms with E-state index >= 15 is 0 Å². The fraction of sp³-hybridized carbons (Fsp3) is 0.409. The Kier molecular flexibility index (Phi) is 5.34. The third-order valence-electron chi connectivity index (χ3n) is 5.51. The SMILES string of the molecule is CCC1(C[C@@H](C(=O)OCc2ccccc2)c2ccccc2)CCC1. The highest BCUT2D eigenvalue weighted by atomic mass is 16.5. The van der Waals surface area contributed by atoms with Crippen LogP contribution < -0.4 is 0 Å². The lowest BCUT2D eigenvalue weighted by molar-refractivity contribution is -0.148. The monoisotopic (exact) mass is 322 g/mol. The average Bonchev–Trinajstić information content (AvgIpc) is 2.61. The van der Waals surface area contributed by atoms with Gasteiger partial charge in [0, 0.05) is 0 Å². The molecule has 2 heteroatoms. The largest absolute Gasteiger partial charge is 0.460 e. The van der Waals surface area contributed by atoms with Crippen LogP contribution in [0.2, 0.25) is 0 Å². The van der Waals surface area contributed by atoms with Crippen molar-refractivity contribution in [3.63, 3.8) is 0 Å². The highest BCUT2D eigenvalue weighted by Gasteiger charge is 2.40. The highest BCUT2D eigenvalue weighted by molar-refractivity contribution is 5.78. The number of carbonyl (C=O) groups excluding carboxylic acids is 1. The fourth-order valence-electron chi connectivity index (χ4n) is 3.66. The van der Waals surface area contributed by atoms with Crippen molar-refractivity contribution in [1.82, 2.24) is 0 Å². The molecule has 0 amide bonds. The van der Waals surface area contributed by atoms with Gasteiger partial charge in [-0.15, -0.1) is 0 Å². The Morgan fingerprint density at radius 1 is 1.04 bits per heavy atom. The van der Waals surface area contributed by atoms with Crippen LogP contribution in [-0.4, -0.2) is 5.97 Å². The summed E-state index contributed by atoms with van der Waals surface area (Å²) in [7, 11) is 0. The van der Waals surface area contributed by atoms with Gasteiger partial charge in [0.1, 0.15) is 6.61 Å². The fourth-order valence-corrected chi connectivity index (χ4v) is 3.66.